The van der Waals surface area contributed by atoms with Gasteiger partial charge in [-0.05, 0) is 30.9 Å². The van der Waals surface area contributed by atoms with Crippen LogP contribution in [0, 0.1) is 0 Å². The van der Waals surface area contributed by atoms with Crippen LogP contribution in [-0.4, -0.2) is 11.2 Å². The fourth-order valence-corrected chi connectivity index (χ4v) is 2.91. The summed E-state index contributed by atoms with van der Waals surface area (Å²) in [4.78, 5) is 1.40. The molecule has 0 aliphatic carbocycles. The van der Waals surface area contributed by atoms with E-state index < -0.39 is 0 Å². The highest BCUT2D eigenvalue weighted by atomic mass is 32.2. The van der Waals surface area contributed by atoms with Gasteiger partial charge < -0.3 is 10.5 Å². The maximum atomic E-state index is 6.05. The minimum absolute atomic E-state index is 0.0543. The molecule has 4 heteroatoms. The normalized spacial score (nSPS) is 11.9. The molecule has 1 unspecified atom stereocenters. The Labute approximate surface area is 129 Å². The van der Waals surface area contributed by atoms with E-state index in [2.05, 4.69) is 0 Å². The largest absolute Gasteiger partial charge is 0.485 e. The molecule has 0 heterocycles. The Hall–Kier alpha value is -1.52. The summed E-state index contributed by atoms with van der Waals surface area (Å²) in [6.07, 6.45) is 1.95. The summed E-state index contributed by atoms with van der Waals surface area (Å²) in [5.74, 6) is 0.737. The van der Waals surface area contributed by atoms with Gasteiger partial charge in [-0.25, -0.2) is 0 Å². The lowest BCUT2D eigenvalue weighted by Crippen LogP contribution is -2.14. The van der Waals surface area contributed by atoms with Crippen molar-refractivity contribution in [1.29, 1.82) is 0 Å². The van der Waals surface area contributed by atoms with E-state index in [0.717, 1.165) is 21.8 Å². The average molecular weight is 303 g/mol. The molecule has 0 saturated carbocycles. The van der Waals surface area contributed by atoms with Gasteiger partial charge in [0.05, 0.1) is 5.56 Å². The van der Waals surface area contributed by atoms with Gasteiger partial charge in [-0.2, -0.15) is 0 Å². The number of hydrogen-bond acceptors (Lipinski definition) is 3. The summed E-state index contributed by atoms with van der Waals surface area (Å²) in [7, 11) is 0. The van der Waals surface area contributed by atoms with Crippen molar-refractivity contribution in [1.82, 2.24) is 0 Å². The van der Waals surface area contributed by atoms with Crippen LogP contribution >= 0.6 is 24.0 Å². The second-order valence-electron chi connectivity index (χ2n) is 4.37. The smallest absolute Gasteiger partial charge is 0.131 e. The highest BCUT2D eigenvalue weighted by molar-refractivity contribution is 7.98. The molecule has 2 rings (SSSR count). The van der Waals surface area contributed by atoms with Crippen LogP contribution in [0.5, 0.6) is 5.75 Å². The van der Waals surface area contributed by atoms with Crippen LogP contribution in [0.2, 0.25) is 0 Å². The fraction of sp³-hybridized carbons (Fsp3) is 0.188. The molecule has 0 aliphatic heterocycles. The first-order valence-electron chi connectivity index (χ1n) is 6.32. The molecule has 0 fully saturated rings. The average Bonchev–Trinajstić information content (AvgIpc) is 2.47. The van der Waals surface area contributed by atoms with E-state index in [9.17, 15) is 0 Å². The third-order valence-electron chi connectivity index (χ3n) is 3.03. The standard InChI is InChI=1S/C16H17NOS2/c1-11(12-7-4-3-5-8-12)18-13-9-6-10-14(20-2)15(13)16(17)19/h3-11H,1-2H3,(H2,17,19). The first kappa shape index (κ1) is 14.9. The molecule has 20 heavy (non-hydrogen) atoms. The lowest BCUT2D eigenvalue weighted by molar-refractivity contribution is 0.226. The van der Waals surface area contributed by atoms with E-state index in [4.69, 9.17) is 22.7 Å². The Bertz CT molecular complexity index is 599. The van der Waals surface area contributed by atoms with Gasteiger partial charge in [0.25, 0.3) is 0 Å². The topological polar surface area (TPSA) is 35.2 Å². The van der Waals surface area contributed by atoms with Crippen molar-refractivity contribution in [2.75, 3.05) is 6.26 Å². The summed E-state index contributed by atoms with van der Waals surface area (Å²) in [6, 6.07) is 16.0. The zero-order valence-corrected chi connectivity index (χ0v) is 13.1. The van der Waals surface area contributed by atoms with Gasteiger partial charge in [-0.15, -0.1) is 11.8 Å². The molecule has 0 bridgehead atoms. The van der Waals surface area contributed by atoms with Gasteiger partial charge in [-0.3, -0.25) is 0 Å². The summed E-state index contributed by atoms with van der Waals surface area (Å²) < 4.78 is 6.05. The number of rotatable bonds is 5. The Morgan fingerprint density at radius 1 is 1.15 bits per heavy atom. The van der Waals surface area contributed by atoms with E-state index in [1.54, 1.807) is 11.8 Å². The molecule has 0 aromatic heterocycles. The lowest BCUT2D eigenvalue weighted by Gasteiger charge is -2.19. The highest BCUT2D eigenvalue weighted by Gasteiger charge is 2.15. The second kappa shape index (κ2) is 6.77. The van der Waals surface area contributed by atoms with Crippen molar-refractivity contribution in [2.24, 2.45) is 5.73 Å². The van der Waals surface area contributed by atoms with Crippen LogP contribution in [0.25, 0.3) is 0 Å². The molecule has 2 aromatic rings. The highest BCUT2D eigenvalue weighted by Crippen LogP contribution is 2.31. The minimum Gasteiger partial charge on any atom is -0.485 e. The zero-order chi connectivity index (χ0) is 14.5. The number of thioether (sulfide) groups is 1. The van der Waals surface area contributed by atoms with E-state index in [1.807, 2.05) is 61.7 Å². The van der Waals surface area contributed by atoms with Crippen LogP contribution in [0.3, 0.4) is 0 Å². The first-order valence-corrected chi connectivity index (χ1v) is 7.95. The molecule has 0 radical (unpaired) electrons. The summed E-state index contributed by atoms with van der Waals surface area (Å²) in [5.41, 5.74) is 7.78. The number of hydrogen-bond donors (Lipinski definition) is 1. The van der Waals surface area contributed by atoms with Crippen molar-refractivity contribution in [3.8, 4) is 5.75 Å². The van der Waals surface area contributed by atoms with Crippen molar-refractivity contribution < 1.29 is 4.74 Å². The number of nitrogens with two attached hydrogens (primary N) is 1. The molecule has 1 atom stereocenters. The number of benzene rings is 2. The van der Waals surface area contributed by atoms with Crippen molar-refractivity contribution in [2.45, 2.75) is 17.9 Å². The Kier molecular flexibility index (Phi) is 5.04. The maximum Gasteiger partial charge on any atom is 0.131 e. The number of thiocarbonyl (C=S) groups is 1. The van der Waals surface area contributed by atoms with Crippen LogP contribution in [0.1, 0.15) is 24.2 Å². The predicted molar refractivity (Wildman–Crippen MR) is 89.6 cm³/mol. The Morgan fingerprint density at radius 2 is 1.85 bits per heavy atom. The van der Waals surface area contributed by atoms with E-state index >= 15 is 0 Å². The summed E-state index contributed by atoms with van der Waals surface area (Å²) in [5, 5.41) is 0. The van der Waals surface area contributed by atoms with Crippen molar-refractivity contribution >= 4 is 29.0 Å². The van der Waals surface area contributed by atoms with Crippen LogP contribution in [-0.2, 0) is 0 Å². The molecule has 2 N–H and O–H groups in total. The van der Waals surface area contributed by atoms with Gasteiger partial charge in [0.15, 0.2) is 0 Å². The van der Waals surface area contributed by atoms with Gasteiger partial charge in [0.2, 0.25) is 0 Å². The summed E-state index contributed by atoms with van der Waals surface area (Å²) >= 11 is 6.77. The third kappa shape index (κ3) is 3.32. The van der Waals surface area contributed by atoms with Crippen LogP contribution < -0.4 is 10.5 Å². The molecular weight excluding hydrogens is 286 g/mol. The van der Waals surface area contributed by atoms with Crippen LogP contribution in [0.15, 0.2) is 53.4 Å². The molecule has 2 aromatic carbocycles. The Balaban J connectivity index is 2.32. The quantitative estimate of drug-likeness (QED) is 0.664. The number of ether oxygens (including phenoxy) is 1. The summed E-state index contributed by atoms with van der Waals surface area (Å²) in [6.45, 7) is 2.02. The SMILES string of the molecule is CSc1cccc(OC(C)c2ccccc2)c1C(N)=S. The molecule has 0 aliphatic rings. The minimum atomic E-state index is -0.0543. The fourth-order valence-electron chi connectivity index (χ4n) is 2.00. The molecule has 0 amide bonds. The predicted octanol–water partition coefficient (Wildman–Crippen LogP) is 4.18. The van der Waals surface area contributed by atoms with E-state index in [-0.39, 0.29) is 6.10 Å². The van der Waals surface area contributed by atoms with Gasteiger partial charge in [-0.1, -0.05) is 48.6 Å². The third-order valence-corrected chi connectivity index (χ3v) is 4.01. The van der Waals surface area contributed by atoms with E-state index in [1.165, 1.54) is 0 Å². The molecular formula is C16H17NOS2. The molecule has 104 valence electrons. The van der Waals surface area contributed by atoms with Gasteiger partial charge in [0.1, 0.15) is 16.8 Å². The zero-order valence-electron chi connectivity index (χ0n) is 11.5. The van der Waals surface area contributed by atoms with Crippen molar-refractivity contribution in [3.05, 3.63) is 59.7 Å². The van der Waals surface area contributed by atoms with Gasteiger partial charge in [0, 0.05) is 4.90 Å². The van der Waals surface area contributed by atoms with Gasteiger partial charge >= 0.3 is 0 Å². The second-order valence-corrected chi connectivity index (χ2v) is 5.66. The van der Waals surface area contributed by atoms with E-state index in [0.29, 0.717) is 4.99 Å². The monoisotopic (exact) mass is 303 g/mol. The molecule has 0 spiro atoms. The van der Waals surface area contributed by atoms with Crippen molar-refractivity contribution in [3.63, 3.8) is 0 Å². The first-order chi connectivity index (χ1) is 9.63. The lowest BCUT2D eigenvalue weighted by atomic mass is 10.1. The Morgan fingerprint density at radius 3 is 2.45 bits per heavy atom. The van der Waals surface area contributed by atoms with Crippen LogP contribution in [0.4, 0.5) is 0 Å². The molecule has 2 nitrogen and oxygen atoms in total. The maximum absolute atomic E-state index is 6.05. The molecule has 0 saturated heterocycles.